The van der Waals surface area contributed by atoms with Gasteiger partial charge >= 0.3 is 0 Å². The molecule has 1 saturated carbocycles. The zero-order valence-electron chi connectivity index (χ0n) is 10.7. The van der Waals surface area contributed by atoms with Crippen LogP contribution in [0.3, 0.4) is 0 Å². The van der Waals surface area contributed by atoms with Crippen molar-refractivity contribution < 1.29 is 9.53 Å². The molecule has 0 N–H and O–H groups in total. The number of Topliss-reactive ketones (excluding diaryl/α,β-unsaturated/α-hetero) is 1. The first-order chi connectivity index (χ1) is 9.34. The number of carbonyl (C=O) groups is 1. The van der Waals surface area contributed by atoms with E-state index in [0.29, 0.717) is 12.4 Å². The van der Waals surface area contributed by atoms with E-state index in [-0.39, 0.29) is 11.7 Å². The molecule has 1 aliphatic rings. The van der Waals surface area contributed by atoms with Crippen LogP contribution in [0.2, 0.25) is 0 Å². The molecule has 1 aliphatic carbocycles. The Kier molecular flexibility index (Phi) is 3.32. The smallest absolute Gasteiger partial charge is 0.169 e. The fraction of sp³-hybridized carbons (Fsp3) is 0.235. The maximum atomic E-state index is 12.2. The van der Waals surface area contributed by atoms with E-state index in [4.69, 9.17) is 4.74 Å². The Hall–Kier alpha value is -2.09. The third-order valence-electron chi connectivity index (χ3n) is 3.34. The van der Waals surface area contributed by atoms with Crippen LogP contribution in [-0.4, -0.2) is 5.78 Å². The van der Waals surface area contributed by atoms with Crippen LogP contribution in [0, 0.1) is 5.92 Å². The second kappa shape index (κ2) is 5.27. The van der Waals surface area contributed by atoms with E-state index in [9.17, 15) is 4.79 Å². The van der Waals surface area contributed by atoms with Gasteiger partial charge in [-0.2, -0.15) is 0 Å². The summed E-state index contributed by atoms with van der Waals surface area (Å²) in [5.41, 5.74) is 1.83. The van der Waals surface area contributed by atoms with Crippen LogP contribution in [0.4, 0.5) is 0 Å². The number of benzene rings is 2. The monoisotopic (exact) mass is 252 g/mol. The van der Waals surface area contributed by atoms with Crippen LogP contribution in [0.15, 0.2) is 54.6 Å². The molecule has 0 atom stereocenters. The Morgan fingerprint density at radius 1 is 1.00 bits per heavy atom. The number of rotatable bonds is 5. The molecule has 19 heavy (non-hydrogen) atoms. The highest BCUT2D eigenvalue weighted by Crippen LogP contribution is 2.35. The van der Waals surface area contributed by atoms with Crippen molar-refractivity contribution in [2.45, 2.75) is 19.4 Å². The quantitative estimate of drug-likeness (QED) is 0.755. The number of ketones is 1. The van der Waals surface area contributed by atoms with Gasteiger partial charge in [0.05, 0.1) is 5.56 Å². The lowest BCUT2D eigenvalue weighted by Gasteiger charge is -2.10. The number of hydrogen-bond acceptors (Lipinski definition) is 2. The molecule has 2 heteroatoms. The lowest BCUT2D eigenvalue weighted by atomic mass is 10.1. The normalized spacial score (nSPS) is 14.1. The van der Waals surface area contributed by atoms with Crippen molar-refractivity contribution >= 4 is 5.78 Å². The Morgan fingerprint density at radius 3 is 2.42 bits per heavy atom. The Labute approximate surface area is 113 Å². The van der Waals surface area contributed by atoms with Crippen molar-refractivity contribution in [2.75, 3.05) is 0 Å². The summed E-state index contributed by atoms with van der Waals surface area (Å²) in [6.45, 7) is 0.496. The first-order valence-electron chi connectivity index (χ1n) is 6.64. The minimum absolute atomic E-state index is 0.224. The van der Waals surface area contributed by atoms with Crippen molar-refractivity contribution in [3.63, 3.8) is 0 Å². The van der Waals surface area contributed by atoms with Crippen LogP contribution in [0.5, 0.6) is 5.75 Å². The van der Waals surface area contributed by atoms with Gasteiger partial charge in [-0.3, -0.25) is 4.79 Å². The van der Waals surface area contributed by atoms with E-state index in [2.05, 4.69) is 0 Å². The molecule has 3 rings (SSSR count). The van der Waals surface area contributed by atoms with Crippen LogP contribution >= 0.6 is 0 Å². The van der Waals surface area contributed by atoms with Crippen molar-refractivity contribution in [1.82, 2.24) is 0 Å². The summed E-state index contributed by atoms with van der Waals surface area (Å²) in [5.74, 6) is 1.15. The Bertz CT molecular complexity index is 571. The highest BCUT2D eigenvalue weighted by molar-refractivity contribution is 6.01. The van der Waals surface area contributed by atoms with Gasteiger partial charge in [-0.15, -0.1) is 0 Å². The third-order valence-corrected chi connectivity index (χ3v) is 3.34. The Morgan fingerprint density at radius 2 is 1.68 bits per heavy atom. The van der Waals surface area contributed by atoms with Crippen molar-refractivity contribution in [3.05, 3.63) is 65.7 Å². The molecule has 0 bridgehead atoms. The van der Waals surface area contributed by atoms with Gasteiger partial charge in [-0.1, -0.05) is 42.5 Å². The molecule has 0 amide bonds. The highest BCUT2D eigenvalue weighted by Gasteiger charge is 2.31. The van der Waals surface area contributed by atoms with Crippen molar-refractivity contribution in [1.29, 1.82) is 0 Å². The molecule has 0 saturated heterocycles. The van der Waals surface area contributed by atoms with Gasteiger partial charge in [0.1, 0.15) is 12.4 Å². The van der Waals surface area contributed by atoms with E-state index < -0.39 is 0 Å². The second-order valence-corrected chi connectivity index (χ2v) is 4.91. The zero-order chi connectivity index (χ0) is 13.1. The van der Waals surface area contributed by atoms with Crippen LogP contribution in [-0.2, 0) is 6.61 Å². The topological polar surface area (TPSA) is 26.3 Å². The van der Waals surface area contributed by atoms with E-state index in [0.717, 1.165) is 24.0 Å². The molecule has 0 aromatic heterocycles. The summed E-state index contributed by atoms with van der Waals surface area (Å²) in [7, 11) is 0. The van der Waals surface area contributed by atoms with E-state index >= 15 is 0 Å². The maximum absolute atomic E-state index is 12.2. The standard InChI is InChI=1S/C17H16O2/c18-17(14-10-11-14)15-8-4-5-9-16(15)19-12-13-6-2-1-3-7-13/h1-9,14H,10-12H2. The average Bonchev–Trinajstić information content (AvgIpc) is 3.30. The SMILES string of the molecule is O=C(c1ccccc1OCc1ccccc1)C1CC1. The second-order valence-electron chi connectivity index (χ2n) is 4.91. The van der Waals surface area contributed by atoms with E-state index in [1.165, 1.54) is 0 Å². The minimum Gasteiger partial charge on any atom is -0.488 e. The number of carbonyl (C=O) groups excluding carboxylic acids is 1. The molecular formula is C17H16O2. The predicted molar refractivity (Wildman–Crippen MR) is 74.3 cm³/mol. The molecule has 2 nitrogen and oxygen atoms in total. The Balaban J connectivity index is 1.75. The molecule has 0 radical (unpaired) electrons. The molecule has 96 valence electrons. The number of para-hydroxylation sites is 1. The average molecular weight is 252 g/mol. The molecule has 0 unspecified atom stereocenters. The molecular weight excluding hydrogens is 236 g/mol. The molecule has 0 aliphatic heterocycles. The van der Waals surface area contributed by atoms with Gasteiger partial charge in [0, 0.05) is 5.92 Å². The summed E-state index contributed by atoms with van der Waals surface area (Å²) in [6, 6.07) is 17.5. The first-order valence-corrected chi connectivity index (χ1v) is 6.64. The number of hydrogen-bond donors (Lipinski definition) is 0. The molecule has 1 fully saturated rings. The lowest BCUT2D eigenvalue weighted by molar-refractivity contribution is 0.0963. The van der Waals surface area contributed by atoms with Gasteiger partial charge in [0.15, 0.2) is 5.78 Å². The van der Waals surface area contributed by atoms with Gasteiger partial charge < -0.3 is 4.74 Å². The predicted octanol–water partition coefficient (Wildman–Crippen LogP) is 3.86. The zero-order valence-corrected chi connectivity index (χ0v) is 10.7. The van der Waals surface area contributed by atoms with Crippen LogP contribution in [0.25, 0.3) is 0 Å². The summed E-state index contributed by atoms with van der Waals surface area (Å²) >= 11 is 0. The summed E-state index contributed by atoms with van der Waals surface area (Å²) in [6.07, 6.45) is 2.04. The molecule has 2 aromatic rings. The van der Waals surface area contributed by atoms with Crippen LogP contribution in [0.1, 0.15) is 28.8 Å². The van der Waals surface area contributed by atoms with Gasteiger partial charge in [-0.05, 0) is 30.5 Å². The van der Waals surface area contributed by atoms with E-state index in [1.54, 1.807) is 0 Å². The third kappa shape index (κ3) is 2.84. The van der Waals surface area contributed by atoms with Gasteiger partial charge in [0.25, 0.3) is 0 Å². The fourth-order valence-corrected chi connectivity index (χ4v) is 2.10. The molecule has 0 spiro atoms. The first kappa shape index (κ1) is 12.0. The number of ether oxygens (including phenoxy) is 1. The maximum Gasteiger partial charge on any atom is 0.169 e. The van der Waals surface area contributed by atoms with Crippen molar-refractivity contribution in [3.8, 4) is 5.75 Å². The summed E-state index contributed by atoms with van der Waals surface area (Å²) < 4.78 is 5.80. The highest BCUT2D eigenvalue weighted by atomic mass is 16.5. The van der Waals surface area contributed by atoms with Gasteiger partial charge in [0.2, 0.25) is 0 Å². The summed E-state index contributed by atoms with van der Waals surface area (Å²) in [4.78, 5) is 12.2. The van der Waals surface area contributed by atoms with Gasteiger partial charge in [-0.25, -0.2) is 0 Å². The lowest BCUT2D eigenvalue weighted by Crippen LogP contribution is -2.05. The fourth-order valence-electron chi connectivity index (χ4n) is 2.10. The summed E-state index contributed by atoms with van der Waals surface area (Å²) in [5, 5.41) is 0. The largest absolute Gasteiger partial charge is 0.488 e. The molecule has 2 aromatic carbocycles. The minimum atomic E-state index is 0.224. The van der Waals surface area contributed by atoms with Crippen molar-refractivity contribution in [2.24, 2.45) is 5.92 Å². The molecule has 0 heterocycles. The van der Waals surface area contributed by atoms with E-state index in [1.807, 2.05) is 54.6 Å². The van der Waals surface area contributed by atoms with Crippen LogP contribution < -0.4 is 4.74 Å².